The third kappa shape index (κ3) is 2.29. The Labute approximate surface area is 99.5 Å². The number of anilines is 1. The monoisotopic (exact) mass is 253 g/mol. The number of H-pyrrole nitrogens is 1. The molecule has 1 aromatic carbocycles. The van der Waals surface area contributed by atoms with Gasteiger partial charge in [0.05, 0.1) is 12.7 Å². The normalized spacial score (nSPS) is 10.6. The van der Waals surface area contributed by atoms with Crippen LogP contribution in [0, 0.1) is 11.6 Å². The van der Waals surface area contributed by atoms with Gasteiger partial charge in [0.15, 0.2) is 0 Å². The van der Waals surface area contributed by atoms with Gasteiger partial charge < -0.3 is 5.73 Å². The number of nitrogens with one attached hydrogen (secondary N) is 1. The molecule has 2 aromatic rings. The van der Waals surface area contributed by atoms with Gasteiger partial charge in [-0.15, -0.1) is 0 Å². The molecule has 0 aliphatic carbocycles. The Morgan fingerprint density at radius 1 is 1.28 bits per heavy atom. The Bertz CT molecular complexity index is 706. The SMILES string of the molecule is Nc1cc(F)ccc1Cn1cc(F)c(=O)[nH]c1=O. The fourth-order valence-corrected chi connectivity index (χ4v) is 1.49. The van der Waals surface area contributed by atoms with Gasteiger partial charge in [-0.3, -0.25) is 14.3 Å². The van der Waals surface area contributed by atoms with E-state index in [4.69, 9.17) is 5.73 Å². The first-order valence-electron chi connectivity index (χ1n) is 5.00. The number of nitrogens with two attached hydrogens (primary N) is 1. The summed E-state index contributed by atoms with van der Waals surface area (Å²) in [4.78, 5) is 24.1. The minimum atomic E-state index is -1.08. The summed E-state index contributed by atoms with van der Waals surface area (Å²) in [6.45, 7) is -0.0569. The van der Waals surface area contributed by atoms with Gasteiger partial charge in [0, 0.05) is 5.69 Å². The molecule has 0 unspecified atom stereocenters. The molecule has 0 amide bonds. The molecule has 0 aliphatic rings. The van der Waals surface area contributed by atoms with Crippen molar-refractivity contribution in [1.29, 1.82) is 0 Å². The Hall–Kier alpha value is -2.44. The number of halogens is 2. The summed E-state index contributed by atoms with van der Waals surface area (Å²) in [5.74, 6) is -1.58. The molecule has 94 valence electrons. The first-order valence-corrected chi connectivity index (χ1v) is 5.00. The molecule has 0 saturated carbocycles. The van der Waals surface area contributed by atoms with E-state index in [0.717, 1.165) is 16.8 Å². The molecule has 1 aromatic heterocycles. The molecule has 0 bridgehead atoms. The molecule has 3 N–H and O–H groups in total. The molecule has 18 heavy (non-hydrogen) atoms. The van der Waals surface area contributed by atoms with Crippen LogP contribution in [0.4, 0.5) is 14.5 Å². The van der Waals surface area contributed by atoms with E-state index in [-0.39, 0.29) is 12.2 Å². The molecule has 7 heteroatoms. The Balaban J connectivity index is 2.43. The first kappa shape index (κ1) is 12.0. The second-order valence-corrected chi connectivity index (χ2v) is 3.71. The first-order chi connectivity index (χ1) is 8.47. The highest BCUT2D eigenvalue weighted by atomic mass is 19.1. The average Bonchev–Trinajstić information content (AvgIpc) is 2.29. The van der Waals surface area contributed by atoms with Gasteiger partial charge in [0.1, 0.15) is 5.82 Å². The lowest BCUT2D eigenvalue weighted by Gasteiger charge is -2.07. The number of aromatic nitrogens is 2. The summed E-state index contributed by atoms with van der Waals surface area (Å²) in [7, 11) is 0. The van der Waals surface area contributed by atoms with Gasteiger partial charge in [-0.2, -0.15) is 4.39 Å². The summed E-state index contributed by atoms with van der Waals surface area (Å²) in [5, 5.41) is 0. The van der Waals surface area contributed by atoms with Crippen LogP contribution >= 0.6 is 0 Å². The largest absolute Gasteiger partial charge is 0.398 e. The second-order valence-electron chi connectivity index (χ2n) is 3.71. The van der Waals surface area contributed by atoms with Crippen LogP contribution in [0.5, 0.6) is 0 Å². The van der Waals surface area contributed by atoms with Crippen molar-refractivity contribution in [3.05, 3.63) is 62.4 Å². The van der Waals surface area contributed by atoms with Gasteiger partial charge in [-0.1, -0.05) is 6.07 Å². The van der Waals surface area contributed by atoms with Crippen LogP contribution < -0.4 is 17.0 Å². The van der Waals surface area contributed by atoms with Crippen molar-refractivity contribution in [1.82, 2.24) is 9.55 Å². The van der Waals surface area contributed by atoms with E-state index in [2.05, 4.69) is 0 Å². The lowest BCUT2D eigenvalue weighted by molar-refractivity contribution is 0.566. The third-order valence-corrected chi connectivity index (χ3v) is 2.42. The molecular weight excluding hydrogens is 244 g/mol. The van der Waals surface area contributed by atoms with E-state index >= 15 is 0 Å². The van der Waals surface area contributed by atoms with Gasteiger partial charge in [0.2, 0.25) is 5.82 Å². The van der Waals surface area contributed by atoms with Gasteiger partial charge >= 0.3 is 5.69 Å². The number of nitrogens with zero attached hydrogens (tertiary/aromatic N) is 1. The maximum atomic E-state index is 13.0. The van der Waals surface area contributed by atoms with Crippen LogP contribution in [0.2, 0.25) is 0 Å². The average molecular weight is 253 g/mol. The molecule has 0 atom stereocenters. The van der Waals surface area contributed by atoms with Crippen LogP contribution in [0.3, 0.4) is 0 Å². The smallest absolute Gasteiger partial charge is 0.328 e. The van der Waals surface area contributed by atoms with Crippen molar-refractivity contribution >= 4 is 5.69 Å². The van der Waals surface area contributed by atoms with E-state index in [0.29, 0.717) is 5.56 Å². The zero-order chi connectivity index (χ0) is 13.3. The lowest BCUT2D eigenvalue weighted by Crippen LogP contribution is -2.31. The Morgan fingerprint density at radius 2 is 2.00 bits per heavy atom. The van der Waals surface area contributed by atoms with Crippen molar-refractivity contribution in [2.75, 3.05) is 5.73 Å². The van der Waals surface area contributed by atoms with Crippen molar-refractivity contribution in [3.8, 4) is 0 Å². The van der Waals surface area contributed by atoms with Crippen molar-refractivity contribution in [2.45, 2.75) is 6.54 Å². The molecule has 0 saturated heterocycles. The van der Waals surface area contributed by atoms with Crippen LogP contribution in [0.1, 0.15) is 5.56 Å². The summed E-state index contributed by atoms with van der Waals surface area (Å²) >= 11 is 0. The summed E-state index contributed by atoms with van der Waals surface area (Å²) in [6, 6.07) is 3.67. The maximum Gasteiger partial charge on any atom is 0.328 e. The maximum absolute atomic E-state index is 13.0. The van der Waals surface area contributed by atoms with Crippen molar-refractivity contribution < 1.29 is 8.78 Å². The highest BCUT2D eigenvalue weighted by Gasteiger charge is 2.06. The number of hydrogen-bond acceptors (Lipinski definition) is 3. The Morgan fingerprint density at radius 3 is 2.67 bits per heavy atom. The standard InChI is InChI=1S/C11H9F2N3O2/c12-7-2-1-6(9(14)3-7)4-16-5-8(13)10(17)15-11(16)18/h1-3,5H,4,14H2,(H,15,17,18). The highest BCUT2D eigenvalue weighted by Crippen LogP contribution is 2.13. The quantitative estimate of drug-likeness (QED) is 0.762. The number of rotatable bonds is 2. The third-order valence-electron chi connectivity index (χ3n) is 2.42. The number of aromatic amines is 1. The summed E-state index contributed by atoms with van der Waals surface area (Å²) < 4.78 is 26.8. The molecule has 5 nitrogen and oxygen atoms in total. The molecule has 0 spiro atoms. The lowest BCUT2D eigenvalue weighted by atomic mass is 10.2. The molecule has 0 aliphatic heterocycles. The molecule has 0 fully saturated rings. The summed E-state index contributed by atoms with van der Waals surface area (Å²) in [5.41, 5.74) is 4.32. The number of benzene rings is 1. The van der Waals surface area contributed by atoms with E-state index in [1.54, 1.807) is 0 Å². The molecule has 1 heterocycles. The fourth-order valence-electron chi connectivity index (χ4n) is 1.49. The number of hydrogen-bond donors (Lipinski definition) is 2. The minimum absolute atomic E-state index is 0.0569. The molecular formula is C11H9F2N3O2. The highest BCUT2D eigenvalue weighted by molar-refractivity contribution is 5.46. The molecule has 0 radical (unpaired) electrons. The zero-order valence-corrected chi connectivity index (χ0v) is 9.11. The Kier molecular flexibility index (Phi) is 2.97. The van der Waals surface area contributed by atoms with E-state index < -0.39 is 22.9 Å². The predicted octanol–water partition coefficient (Wildman–Crippen LogP) is 0.445. The number of nitrogen functional groups attached to an aromatic ring is 1. The van der Waals surface area contributed by atoms with E-state index in [9.17, 15) is 18.4 Å². The van der Waals surface area contributed by atoms with Crippen LogP contribution in [0.25, 0.3) is 0 Å². The van der Waals surface area contributed by atoms with Crippen molar-refractivity contribution in [3.63, 3.8) is 0 Å². The predicted molar refractivity (Wildman–Crippen MR) is 61.2 cm³/mol. The molecule has 2 rings (SSSR count). The van der Waals surface area contributed by atoms with E-state index in [1.165, 1.54) is 12.1 Å². The van der Waals surface area contributed by atoms with Gasteiger partial charge in [0.25, 0.3) is 5.56 Å². The second kappa shape index (κ2) is 4.44. The van der Waals surface area contributed by atoms with Crippen LogP contribution in [0.15, 0.2) is 34.0 Å². The zero-order valence-electron chi connectivity index (χ0n) is 9.11. The summed E-state index contributed by atoms with van der Waals surface area (Å²) in [6.07, 6.45) is 0.782. The van der Waals surface area contributed by atoms with Crippen LogP contribution in [-0.2, 0) is 6.54 Å². The fraction of sp³-hybridized carbons (Fsp3) is 0.0909. The topological polar surface area (TPSA) is 80.9 Å². The van der Waals surface area contributed by atoms with Gasteiger partial charge in [-0.05, 0) is 17.7 Å². The van der Waals surface area contributed by atoms with Crippen molar-refractivity contribution in [2.24, 2.45) is 0 Å². The van der Waals surface area contributed by atoms with Crippen LogP contribution in [-0.4, -0.2) is 9.55 Å². The minimum Gasteiger partial charge on any atom is -0.398 e. The van der Waals surface area contributed by atoms with E-state index in [1.807, 2.05) is 4.98 Å². The van der Waals surface area contributed by atoms with Gasteiger partial charge in [-0.25, -0.2) is 9.18 Å².